The third-order valence-corrected chi connectivity index (χ3v) is 2.94. The van der Waals surface area contributed by atoms with Gasteiger partial charge in [-0.05, 0) is 30.0 Å². The summed E-state index contributed by atoms with van der Waals surface area (Å²) in [7, 11) is 0. The first-order valence-corrected chi connectivity index (χ1v) is 6.18. The van der Waals surface area contributed by atoms with Gasteiger partial charge >= 0.3 is 5.82 Å². The molecule has 2 rings (SSSR count). The Bertz CT molecular complexity index is 717. The summed E-state index contributed by atoms with van der Waals surface area (Å²) in [6.07, 6.45) is 0. The van der Waals surface area contributed by atoms with Crippen LogP contribution in [0.2, 0.25) is 5.02 Å². The van der Waals surface area contributed by atoms with Crippen molar-refractivity contribution in [1.82, 2.24) is 9.78 Å². The highest BCUT2D eigenvalue weighted by Gasteiger charge is 2.17. The molecule has 1 N–H and O–H groups in total. The molecule has 110 valence electrons. The Balaban J connectivity index is 2.07. The highest BCUT2D eigenvalue weighted by atomic mass is 35.5. The van der Waals surface area contributed by atoms with E-state index in [4.69, 9.17) is 11.6 Å². The van der Waals surface area contributed by atoms with Gasteiger partial charge in [-0.1, -0.05) is 11.6 Å². The lowest BCUT2D eigenvalue weighted by atomic mass is 10.3. The van der Waals surface area contributed by atoms with Crippen LogP contribution in [0.5, 0.6) is 0 Å². The molecule has 0 fully saturated rings. The van der Waals surface area contributed by atoms with Gasteiger partial charge in [-0.25, -0.2) is 4.39 Å². The number of amides is 1. The minimum Gasteiger partial charge on any atom is -0.358 e. The summed E-state index contributed by atoms with van der Waals surface area (Å²) in [4.78, 5) is 21.8. The van der Waals surface area contributed by atoms with Crippen LogP contribution in [0.1, 0.15) is 5.69 Å². The highest BCUT2D eigenvalue weighted by molar-refractivity contribution is 6.31. The number of rotatable bonds is 4. The standard InChI is InChI=1S/C12H10ClFN4O3/c1-7-4-11(18(20)21)16-17(7)6-12(19)15-8-2-3-10(14)9(13)5-8/h2-5H,6H2,1H3,(H,15,19). The lowest BCUT2D eigenvalue weighted by Crippen LogP contribution is -2.20. The lowest BCUT2D eigenvalue weighted by molar-refractivity contribution is -0.389. The highest BCUT2D eigenvalue weighted by Crippen LogP contribution is 2.19. The molecule has 0 saturated heterocycles. The Hall–Kier alpha value is -2.48. The van der Waals surface area contributed by atoms with Crippen LogP contribution in [-0.4, -0.2) is 20.6 Å². The molecular formula is C12H10ClFN4O3. The third-order valence-electron chi connectivity index (χ3n) is 2.65. The average molecular weight is 313 g/mol. The predicted octanol–water partition coefficient (Wildman–Crippen LogP) is 2.53. The Morgan fingerprint density at radius 1 is 1.52 bits per heavy atom. The minimum absolute atomic E-state index is 0.112. The largest absolute Gasteiger partial charge is 0.390 e. The molecule has 21 heavy (non-hydrogen) atoms. The molecule has 2 aromatic rings. The van der Waals surface area contributed by atoms with Gasteiger partial charge in [0.2, 0.25) is 5.91 Å². The number of halogens is 2. The summed E-state index contributed by atoms with van der Waals surface area (Å²) in [6, 6.07) is 5.02. The van der Waals surface area contributed by atoms with Crippen molar-refractivity contribution in [3.05, 3.63) is 50.9 Å². The van der Waals surface area contributed by atoms with Crippen molar-refractivity contribution >= 4 is 29.0 Å². The summed E-state index contributed by atoms with van der Waals surface area (Å²) < 4.78 is 14.2. The molecule has 1 amide bonds. The predicted molar refractivity (Wildman–Crippen MR) is 73.7 cm³/mol. The van der Waals surface area contributed by atoms with E-state index in [0.29, 0.717) is 11.4 Å². The zero-order valence-electron chi connectivity index (χ0n) is 10.8. The number of nitrogens with zero attached hydrogens (tertiary/aromatic N) is 3. The van der Waals surface area contributed by atoms with Crippen molar-refractivity contribution in [2.75, 3.05) is 5.32 Å². The van der Waals surface area contributed by atoms with Crippen LogP contribution in [0.4, 0.5) is 15.9 Å². The van der Waals surface area contributed by atoms with Crippen LogP contribution in [0.15, 0.2) is 24.3 Å². The van der Waals surface area contributed by atoms with E-state index in [2.05, 4.69) is 10.4 Å². The molecule has 1 heterocycles. The van der Waals surface area contributed by atoms with Crippen molar-refractivity contribution in [3.63, 3.8) is 0 Å². The Morgan fingerprint density at radius 2 is 2.24 bits per heavy atom. The van der Waals surface area contributed by atoms with Crippen LogP contribution < -0.4 is 5.32 Å². The van der Waals surface area contributed by atoms with Crippen molar-refractivity contribution in [2.45, 2.75) is 13.5 Å². The van der Waals surface area contributed by atoms with Crippen LogP contribution in [0.3, 0.4) is 0 Å². The number of nitro groups is 1. The zero-order chi connectivity index (χ0) is 15.6. The molecule has 0 saturated carbocycles. The van der Waals surface area contributed by atoms with E-state index >= 15 is 0 Å². The summed E-state index contributed by atoms with van der Waals surface area (Å²) >= 11 is 5.60. The van der Waals surface area contributed by atoms with Gasteiger partial charge in [-0.3, -0.25) is 4.79 Å². The molecular weight excluding hydrogens is 303 g/mol. The van der Waals surface area contributed by atoms with E-state index in [0.717, 1.165) is 6.07 Å². The minimum atomic E-state index is -0.638. The van der Waals surface area contributed by atoms with E-state index in [1.165, 1.54) is 22.9 Å². The monoisotopic (exact) mass is 312 g/mol. The molecule has 0 unspecified atom stereocenters. The van der Waals surface area contributed by atoms with Gasteiger partial charge in [-0.2, -0.15) is 4.68 Å². The maximum atomic E-state index is 13.0. The van der Waals surface area contributed by atoms with Gasteiger partial charge < -0.3 is 15.4 Å². The number of anilines is 1. The van der Waals surface area contributed by atoms with E-state index in [9.17, 15) is 19.3 Å². The molecule has 1 aromatic carbocycles. The molecule has 0 aliphatic heterocycles. The second kappa shape index (κ2) is 5.88. The second-order valence-electron chi connectivity index (χ2n) is 4.24. The fourth-order valence-electron chi connectivity index (χ4n) is 1.65. The number of aryl methyl sites for hydroxylation is 1. The van der Waals surface area contributed by atoms with Crippen molar-refractivity contribution in [2.24, 2.45) is 0 Å². The quantitative estimate of drug-likeness (QED) is 0.694. The average Bonchev–Trinajstić information content (AvgIpc) is 2.76. The Labute approximate surface area is 123 Å². The van der Waals surface area contributed by atoms with Gasteiger partial charge in [0, 0.05) is 5.69 Å². The molecule has 0 radical (unpaired) electrons. The smallest absolute Gasteiger partial charge is 0.358 e. The first kappa shape index (κ1) is 14.9. The van der Waals surface area contributed by atoms with E-state index in [1.807, 2.05) is 0 Å². The Kier molecular flexibility index (Phi) is 4.18. The fourth-order valence-corrected chi connectivity index (χ4v) is 1.83. The number of aromatic nitrogens is 2. The Morgan fingerprint density at radius 3 is 2.81 bits per heavy atom. The normalized spacial score (nSPS) is 10.4. The van der Waals surface area contributed by atoms with E-state index in [-0.39, 0.29) is 17.4 Å². The summed E-state index contributed by atoms with van der Waals surface area (Å²) in [5, 5.41) is 16.7. The molecule has 0 aliphatic carbocycles. The number of carbonyl (C=O) groups excluding carboxylic acids is 1. The molecule has 9 heteroatoms. The van der Waals surface area contributed by atoms with E-state index in [1.54, 1.807) is 6.92 Å². The van der Waals surface area contributed by atoms with Gasteiger partial charge in [0.15, 0.2) is 0 Å². The first-order valence-electron chi connectivity index (χ1n) is 5.80. The number of benzene rings is 1. The number of carbonyl (C=O) groups is 1. The maximum absolute atomic E-state index is 13.0. The van der Waals surface area contributed by atoms with Crippen LogP contribution in [0, 0.1) is 22.9 Å². The number of hydrogen-bond acceptors (Lipinski definition) is 4. The maximum Gasteiger partial charge on any atom is 0.390 e. The van der Waals surface area contributed by atoms with Gasteiger partial charge in [0.05, 0.1) is 21.9 Å². The van der Waals surface area contributed by atoms with Crippen LogP contribution in [-0.2, 0) is 11.3 Å². The van der Waals surface area contributed by atoms with Crippen molar-refractivity contribution in [1.29, 1.82) is 0 Å². The van der Waals surface area contributed by atoms with Crippen LogP contribution in [0.25, 0.3) is 0 Å². The second-order valence-corrected chi connectivity index (χ2v) is 4.64. The first-order chi connectivity index (χ1) is 9.86. The molecule has 0 atom stereocenters. The van der Waals surface area contributed by atoms with Crippen molar-refractivity contribution in [3.8, 4) is 0 Å². The molecule has 0 spiro atoms. The number of hydrogen-bond donors (Lipinski definition) is 1. The fraction of sp³-hybridized carbons (Fsp3) is 0.167. The van der Waals surface area contributed by atoms with Crippen molar-refractivity contribution < 1.29 is 14.1 Å². The van der Waals surface area contributed by atoms with Gasteiger partial charge in [0.25, 0.3) is 0 Å². The van der Waals surface area contributed by atoms with Gasteiger partial charge in [0.1, 0.15) is 12.4 Å². The van der Waals surface area contributed by atoms with E-state index < -0.39 is 16.6 Å². The molecule has 1 aromatic heterocycles. The lowest BCUT2D eigenvalue weighted by Gasteiger charge is -2.05. The number of nitrogens with one attached hydrogen (secondary N) is 1. The van der Waals surface area contributed by atoms with Crippen LogP contribution >= 0.6 is 11.6 Å². The molecule has 7 nitrogen and oxygen atoms in total. The topological polar surface area (TPSA) is 90.1 Å². The summed E-state index contributed by atoms with van der Waals surface area (Å²) in [5.74, 6) is -1.38. The molecule has 0 aliphatic rings. The summed E-state index contributed by atoms with van der Waals surface area (Å²) in [6.45, 7) is 1.40. The SMILES string of the molecule is Cc1cc([N+](=O)[O-])nn1CC(=O)Nc1ccc(F)c(Cl)c1. The van der Waals surface area contributed by atoms with Gasteiger partial charge in [-0.15, -0.1) is 0 Å². The molecule has 0 bridgehead atoms. The third kappa shape index (κ3) is 3.54. The zero-order valence-corrected chi connectivity index (χ0v) is 11.6. The summed E-state index contributed by atoms with van der Waals surface area (Å²) in [5.41, 5.74) is 0.805.